The standard InChI is InChI=1S/C19H25F2NO2/c1-5-19(20,21)18(4,24)15-9-7-14(8-10-15)16(23)22-12-6-11-17(2,3)13-22/h5,7-10,24H,1,6,11-13H2,2-4H3. The predicted octanol–water partition coefficient (Wildman–Crippen LogP) is 3.98. The van der Waals surface area contributed by atoms with E-state index in [1.54, 1.807) is 4.90 Å². The zero-order valence-electron chi connectivity index (χ0n) is 14.5. The number of nitrogens with zero attached hydrogens (tertiary/aromatic N) is 1. The number of carbonyl (C=O) groups excluding carboxylic acids is 1. The number of aliphatic hydroxyl groups is 1. The molecule has 2 rings (SSSR count). The van der Waals surface area contributed by atoms with Crippen LogP contribution in [0.5, 0.6) is 0 Å². The van der Waals surface area contributed by atoms with Crippen LogP contribution in [0.25, 0.3) is 0 Å². The number of likely N-dealkylation sites (tertiary alicyclic amines) is 1. The first kappa shape index (κ1) is 18.6. The summed E-state index contributed by atoms with van der Waals surface area (Å²) in [4.78, 5) is 14.4. The fraction of sp³-hybridized carbons (Fsp3) is 0.526. The SMILES string of the molecule is C=CC(F)(F)C(C)(O)c1ccc(C(=O)N2CCCC(C)(C)C2)cc1. The Bertz CT molecular complexity index is 621. The van der Waals surface area contributed by atoms with E-state index in [2.05, 4.69) is 20.4 Å². The minimum absolute atomic E-state index is 0.0444. The van der Waals surface area contributed by atoms with Crippen molar-refractivity contribution in [3.63, 3.8) is 0 Å². The van der Waals surface area contributed by atoms with Crippen molar-refractivity contribution in [2.24, 2.45) is 5.41 Å². The van der Waals surface area contributed by atoms with Gasteiger partial charge in [-0.1, -0.05) is 32.6 Å². The Morgan fingerprint density at radius 3 is 2.42 bits per heavy atom. The van der Waals surface area contributed by atoms with Gasteiger partial charge in [0, 0.05) is 18.7 Å². The lowest BCUT2D eigenvalue weighted by Gasteiger charge is -2.38. The fourth-order valence-electron chi connectivity index (χ4n) is 3.11. The maximum atomic E-state index is 13.8. The number of amides is 1. The molecule has 5 heteroatoms. The Labute approximate surface area is 142 Å². The largest absolute Gasteiger partial charge is 0.379 e. The number of alkyl halides is 2. The molecule has 1 aromatic rings. The summed E-state index contributed by atoms with van der Waals surface area (Å²) >= 11 is 0. The number of carbonyl (C=O) groups is 1. The quantitative estimate of drug-likeness (QED) is 0.844. The van der Waals surface area contributed by atoms with Crippen LogP contribution in [0.3, 0.4) is 0 Å². The normalized spacial score (nSPS) is 20.3. The number of halogens is 2. The third-order valence-corrected chi connectivity index (χ3v) is 4.79. The van der Waals surface area contributed by atoms with Crippen LogP contribution >= 0.6 is 0 Å². The molecule has 1 amide bonds. The van der Waals surface area contributed by atoms with Crippen LogP contribution in [0.4, 0.5) is 8.78 Å². The second kappa shape index (κ2) is 6.28. The zero-order chi connectivity index (χ0) is 18.2. The van der Waals surface area contributed by atoms with Crippen LogP contribution in [0.2, 0.25) is 0 Å². The number of benzene rings is 1. The summed E-state index contributed by atoms with van der Waals surface area (Å²) in [6, 6.07) is 5.74. The van der Waals surface area contributed by atoms with E-state index in [0.717, 1.165) is 19.8 Å². The van der Waals surface area contributed by atoms with E-state index >= 15 is 0 Å². The summed E-state index contributed by atoms with van der Waals surface area (Å²) in [6.45, 7) is 9.76. The molecule has 24 heavy (non-hydrogen) atoms. The average Bonchev–Trinajstić information content (AvgIpc) is 2.53. The van der Waals surface area contributed by atoms with Gasteiger partial charge in [-0.05, 0) is 49.0 Å². The molecule has 1 heterocycles. The number of hydrogen-bond acceptors (Lipinski definition) is 2. The highest BCUT2D eigenvalue weighted by molar-refractivity contribution is 5.94. The van der Waals surface area contributed by atoms with Crippen LogP contribution < -0.4 is 0 Å². The molecule has 0 bridgehead atoms. The molecule has 0 radical (unpaired) electrons. The second-order valence-corrected chi connectivity index (χ2v) is 7.47. The van der Waals surface area contributed by atoms with Crippen LogP contribution in [0.1, 0.15) is 49.5 Å². The number of hydrogen-bond donors (Lipinski definition) is 1. The Kier molecular flexibility index (Phi) is 4.86. The van der Waals surface area contributed by atoms with Crippen LogP contribution in [-0.2, 0) is 5.60 Å². The molecule has 1 N–H and O–H groups in total. The molecule has 1 aromatic carbocycles. The van der Waals surface area contributed by atoms with Gasteiger partial charge in [-0.25, -0.2) is 0 Å². The summed E-state index contributed by atoms with van der Waals surface area (Å²) in [5, 5.41) is 10.1. The van der Waals surface area contributed by atoms with Gasteiger partial charge in [-0.3, -0.25) is 4.79 Å². The molecule has 0 aliphatic carbocycles. The Morgan fingerprint density at radius 2 is 1.92 bits per heavy atom. The summed E-state index contributed by atoms with van der Waals surface area (Å²) in [6.07, 6.45) is 2.47. The van der Waals surface area contributed by atoms with Crippen molar-refractivity contribution >= 4 is 5.91 Å². The molecule has 1 unspecified atom stereocenters. The van der Waals surface area contributed by atoms with E-state index < -0.39 is 11.5 Å². The molecule has 1 saturated heterocycles. The molecule has 1 aliphatic rings. The first-order valence-corrected chi connectivity index (χ1v) is 8.14. The molecule has 0 spiro atoms. The topological polar surface area (TPSA) is 40.5 Å². The fourth-order valence-corrected chi connectivity index (χ4v) is 3.11. The Hall–Kier alpha value is -1.75. The van der Waals surface area contributed by atoms with Crippen molar-refractivity contribution in [3.8, 4) is 0 Å². The van der Waals surface area contributed by atoms with Crippen LogP contribution in [-0.4, -0.2) is 34.9 Å². The van der Waals surface area contributed by atoms with Crippen LogP contribution in [0, 0.1) is 5.41 Å². The third-order valence-electron chi connectivity index (χ3n) is 4.79. The maximum absolute atomic E-state index is 13.8. The van der Waals surface area contributed by atoms with Gasteiger partial charge in [0.25, 0.3) is 11.8 Å². The summed E-state index contributed by atoms with van der Waals surface area (Å²) in [5.74, 6) is -3.57. The van der Waals surface area contributed by atoms with Gasteiger partial charge >= 0.3 is 0 Å². The van der Waals surface area contributed by atoms with Crippen molar-refractivity contribution in [1.82, 2.24) is 4.90 Å². The van der Waals surface area contributed by atoms with E-state index in [1.807, 2.05) is 0 Å². The maximum Gasteiger partial charge on any atom is 0.298 e. The zero-order valence-corrected chi connectivity index (χ0v) is 14.5. The Balaban J connectivity index is 2.20. The monoisotopic (exact) mass is 337 g/mol. The lowest BCUT2D eigenvalue weighted by molar-refractivity contribution is -0.144. The summed E-state index contributed by atoms with van der Waals surface area (Å²) < 4.78 is 27.6. The number of piperidine rings is 1. The van der Waals surface area contributed by atoms with Gasteiger partial charge in [0.2, 0.25) is 0 Å². The average molecular weight is 337 g/mol. The number of rotatable bonds is 4. The third kappa shape index (κ3) is 3.51. The van der Waals surface area contributed by atoms with E-state index in [0.29, 0.717) is 24.7 Å². The first-order valence-electron chi connectivity index (χ1n) is 8.14. The predicted molar refractivity (Wildman–Crippen MR) is 90.1 cm³/mol. The van der Waals surface area contributed by atoms with E-state index in [4.69, 9.17) is 0 Å². The van der Waals surface area contributed by atoms with Gasteiger partial charge in [0.1, 0.15) is 0 Å². The first-order chi connectivity index (χ1) is 11.0. The molecule has 132 valence electrons. The molecular weight excluding hydrogens is 312 g/mol. The highest BCUT2D eigenvalue weighted by atomic mass is 19.3. The van der Waals surface area contributed by atoms with Crippen molar-refractivity contribution < 1.29 is 18.7 Å². The van der Waals surface area contributed by atoms with Gasteiger partial charge < -0.3 is 10.0 Å². The van der Waals surface area contributed by atoms with Crippen LogP contribution in [0.15, 0.2) is 36.9 Å². The summed E-state index contributed by atoms with van der Waals surface area (Å²) in [5.41, 5.74) is -1.80. The highest BCUT2D eigenvalue weighted by Crippen LogP contribution is 2.38. The molecule has 1 aliphatic heterocycles. The molecule has 1 fully saturated rings. The molecular formula is C19H25F2NO2. The van der Waals surface area contributed by atoms with E-state index in [9.17, 15) is 18.7 Å². The van der Waals surface area contributed by atoms with Gasteiger partial charge in [-0.15, -0.1) is 0 Å². The Morgan fingerprint density at radius 1 is 1.33 bits per heavy atom. The van der Waals surface area contributed by atoms with Gasteiger partial charge in [-0.2, -0.15) is 8.78 Å². The second-order valence-electron chi connectivity index (χ2n) is 7.47. The van der Waals surface area contributed by atoms with Crippen molar-refractivity contribution in [2.75, 3.05) is 13.1 Å². The molecule has 0 aromatic heterocycles. The lowest BCUT2D eigenvalue weighted by Crippen LogP contribution is -2.43. The smallest absolute Gasteiger partial charge is 0.298 e. The minimum Gasteiger partial charge on any atom is -0.379 e. The van der Waals surface area contributed by atoms with E-state index in [-0.39, 0.29) is 16.9 Å². The van der Waals surface area contributed by atoms with Gasteiger partial charge in [0.15, 0.2) is 5.60 Å². The van der Waals surface area contributed by atoms with Crippen molar-refractivity contribution in [3.05, 3.63) is 48.0 Å². The molecule has 3 nitrogen and oxygen atoms in total. The van der Waals surface area contributed by atoms with E-state index in [1.165, 1.54) is 24.3 Å². The van der Waals surface area contributed by atoms with Crippen molar-refractivity contribution in [1.29, 1.82) is 0 Å². The molecule has 1 atom stereocenters. The molecule has 0 saturated carbocycles. The van der Waals surface area contributed by atoms with Gasteiger partial charge in [0.05, 0.1) is 0 Å². The van der Waals surface area contributed by atoms with Crippen molar-refractivity contribution in [2.45, 2.75) is 45.1 Å². The lowest BCUT2D eigenvalue weighted by atomic mass is 9.84. The summed E-state index contributed by atoms with van der Waals surface area (Å²) in [7, 11) is 0. The highest BCUT2D eigenvalue weighted by Gasteiger charge is 2.47. The minimum atomic E-state index is -3.46.